The molecule has 0 radical (unpaired) electrons. The molecule has 2 aromatic heterocycles. The highest BCUT2D eigenvalue weighted by Crippen LogP contribution is 2.28. The molecular formula is C19H18N4O2. The van der Waals surface area contributed by atoms with Crippen molar-refractivity contribution >= 4 is 28.4 Å². The van der Waals surface area contributed by atoms with Crippen LogP contribution in [0.5, 0.6) is 0 Å². The summed E-state index contributed by atoms with van der Waals surface area (Å²) in [6.45, 7) is 2.42. The van der Waals surface area contributed by atoms with Crippen molar-refractivity contribution in [3.8, 4) is 0 Å². The van der Waals surface area contributed by atoms with Crippen molar-refractivity contribution in [1.82, 2.24) is 14.9 Å². The molecule has 2 N–H and O–H groups in total. The molecule has 0 spiro atoms. The van der Waals surface area contributed by atoms with E-state index in [4.69, 9.17) is 0 Å². The van der Waals surface area contributed by atoms with E-state index in [1.807, 2.05) is 24.3 Å². The van der Waals surface area contributed by atoms with E-state index in [-0.39, 0.29) is 0 Å². The van der Waals surface area contributed by atoms with Crippen LogP contribution in [-0.2, 0) is 17.8 Å². The van der Waals surface area contributed by atoms with Gasteiger partial charge in [-0.1, -0.05) is 24.3 Å². The number of hydrogen-bond donors (Lipinski definition) is 2. The molecule has 25 heavy (non-hydrogen) atoms. The van der Waals surface area contributed by atoms with E-state index < -0.39 is 11.7 Å². The second-order valence-electron chi connectivity index (χ2n) is 5.99. The van der Waals surface area contributed by atoms with E-state index in [9.17, 15) is 9.59 Å². The van der Waals surface area contributed by atoms with Gasteiger partial charge in [0.05, 0.1) is 5.56 Å². The maximum atomic E-state index is 12.9. The molecule has 126 valence electrons. The lowest BCUT2D eigenvalue weighted by atomic mass is 10.0. The number of Topliss-reactive ketones (excluding diaryl/α,β-unsaturated/α-hetero) is 1. The largest absolute Gasteiger partial charge is 0.343 e. The van der Waals surface area contributed by atoms with Crippen LogP contribution in [0.25, 0.3) is 10.9 Å². The first-order chi connectivity index (χ1) is 12.3. The molecule has 1 aliphatic heterocycles. The summed E-state index contributed by atoms with van der Waals surface area (Å²) in [5, 5.41) is 6.76. The molecule has 3 heterocycles. The maximum Gasteiger partial charge on any atom is 0.298 e. The molecule has 0 saturated heterocycles. The highest BCUT2D eigenvalue weighted by Gasteiger charge is 2.27. The minimum absolute atomic E-state index is 0.372. The Kier molecular flexibility index (Phi) is 4.03. The van der Waals surface area contributed by atoms with Crippen LogP contribution in [0, 0.1) is 0 Å². The predicted molar refractivity (Wildman–Crippen MR) is 95.7 cm³/mol. The summed E-state index contributed by atoms with van der Waals surface area (Å²) < 4.78 is 2.15. The van der Waals surface area contributed by atoms with Crippen LogP contribution in [0.4, 0.5) is 5.82 Å². The van der Waals surface area contributed by atoms with Gasteiger partial charge in [-0.05, 0) is 18.2 Å². The number of pyridine rings is 1. The number of para-hydroxylation sites is 1. The number of carbonyl (C=O) groups excluding carboxylic acids is 2. The van der Waals surface area contributed by atoms with Crippen LogP contribution in [-0.4, -0.2) is 34.3 Å². The van der Waals surface area contributed by atoms with Crippen molar-refractivity contribution in [2.45, 2.75) is 13.0 Å². The normalized spacial score (nSPS) is 13.9. The molecule has 6 heteroatoms. The lowest BCUT2D eigenvalue weighted by Gasteiger charge is -2.07. The highest BCUT2D eigenvalue weighted by atomic mass is 16.2. The van der Waals surface area contributed by atoms with Gasteiger partial charge in [0.2, 0.25) is 0 Å². The Bertz CT molecular complexity index is 947. The molecule has 1 aliphatic rings. The number of nitrogens with one attached hydrogen (secondary N) is 2. The fourth-order valence-corrected chi connectivity index (χ4v) is 3.37. The highest BCUT2D eigenvalue weighted by molar-refractivity contribution is 6.48. The van der Waals surface area contributed by atoms with Gasteiger partial charge < -0.3 is 15.2 Å². The van der Waals surface area contributed by atoms with Gasteiger partial charge >= 0.3 is 0 Å². The van der Waals surface area contributed by atoms with Crippen molar-refractivity contribution in [2.24, 2.45) is 0 Å². The third-order valence-electron chi connectivity index (χ3n) is 4.47. The third kappa shape index (κ3) is 2.81. The van der Waals surface area contributed by atoms with Gasteiger partial charge in [-0.25, -0.2) is 4.98 Å². The molecule has 0 atom stereocenters. The number of anilines is 1. The number of aromatic nitrogens is 2. The molecule has 1 aromatic carbocycles. The fourth-order valence-electron chi connectivity index (χ4n) is 3.37. The van der Waals surface area contributed by atoms with E-state index in [0.29, 0.717) is 17.8 Å². The Labute approximate surface area is 144 Å². The van der Waals surface area contributed by atoms with Gasteiger partial charge in [0.25, 0.3) is 11.7 Å². The van der Waals surface area contributed by atoms with E-state index >= 15 is 0 Å². The van der Waals surface area contributed by atoms with Crippen molar-refractivity contribution < 1.29 is 9.59 Å². The van der Waals surface area contributed by atoms with Crippen LogP contribution in [0.2, 0.25) is 0 Å². The summed E-state index contributed by atoms with van der Waals surface area (Å²) in [5.41, 5.74) is 2.43. The summed E-state index contributed by atoms with van der Waals surface area (Å²) in [5.74, 6) is -0.801. The van der Waals surface area contributed by atoms with Gasteiger partial charge in [0.15, 0.2) is 0 Å². The first-order valence-corrected chi connectivity index (χ1v) is 8.33. The molecule has 6 nitrogen and oxygen atoms in total. The zero-order valence-corrected chi connectivity index (χ0v) is 13.7. The summed E-state index contributed by atoms with van der Waals surface area (Å²) in [6.07, 6.45) is 2.29. The molecule has 0 fully saturated rings. The zero-order valence-electron chi connectivity index (χ0n) is 13.7. The third-order valence-corrected chi connectivity index (χ3v) is 4.47. The number of fused-ring (bicyclic) bond motifs is 3. The van der Waals surface area contributed by atoms with Crippen LogP contribution in [0.3, 0.4) is 0 Å². The lowest BCUT2D eigenvalue weighted by Crippen LogP contribution is -2.24. The summed E-state index contributed by atoms with van der Waals surface area (Å²) in [4.78, 5) is 29.5. The molecule has 0 unspecified atom stereocenters. The Morgan fingerprint density at radius 2 is 1.92 bits per heavy atom. The first-order valence-electron chi connectivity index (χ1n) is 8.33. The molecule has 0 bridgehead atoms. The molecule has 4 rings (SSSR count). The van der Waals surface area contributed by atoms with Crippen LogP contribution < -0.4 is 10.6 Å². The average molecular weight is 334 g/mol. The second kappa shape index (κ2) is 6.49. The second-order valence-corrected chi connectivity index (χ2v) is 5.99. The van der Waals surface area contributed by atoms with Crippen LogP contribution >= 0.6 is 0 Å². The molecule has 1 amide bonds. The van der Waals surface area contributed by atoms with E-state index in [1.54, 1.807) is 24.4 Å². The summed E-state index contributed by atoms with van der Waals surface area (Å²) in [7, 11) is 0. The standard InChI is InChI=1S/C19H18N4O2/c24-18(19(25)22-16-7-3-4-9-21-16)17-13-5-1-2-6-14(13)23-12-11-20-10-8-15(17)23/h1-7,9,20H,8,10-12H2,(H,21,22,25). The van der Waals surface area contributed by atoms with Crippen LogP contribution in [0.15, 0.2) is 48.7 Å². The van der Waals surface area contributed by atoms with Gasteiger partial charge in [-0.3, -0.25) is 9.59 Å². The first kappa shape index (κ1) is 15.5. The summed E-state index contributed by atoms with van der Waals surface area (Å²) in [6, 6.07) is 12.9. The Morgan fingerprint density at radius 3 is 2.76 bits per heavy atom. The van der Waals surface area contributed by atoms with Crippen molar-refractivity contribution in [2.75, 3.05) is 18.4 Å². The molecule has 3 aromatic rings. The van der Waals surface area contributed by atoms with E-state index in [1.165, 1.54) is 0 Å². The summed E-state index contributed by atoms with van der Waals surface area (Å²) >= 11 is 0. The monoisotopic (exact) mass is 334 g/mol. The van der Waals surface area contributed by atoms with Gasteiger partial charge in [-0.2, -0.15) is 0 Å². The number of carbonyl (C=O) groups is 2. The van der Waals surface area contributed by atoms with Gasteiger partial charge in [0.1, 0.15) is 5.82 Å². The predicted octanol–water partition coefficient (Wildman–Crippen LogP) is 2.00. The molecular weight excluding hydrogens is 316 g/mol. The van der Waals surface area contributed by atoms with Gasteiger partial charge in [0, 0.05) is 48.8 Å². The van der Waals surface area contributed by atoms with Crippen LogP contribution in [0.1, 0.15) is 16.1 Å². The minimum Gasteiger partial charge on any atom is -0.343 e. The topological polar surface area (TPSA) is 76.0 Å². The SMILES string of the molecule is O=C(Nc1ccccn1)C(=O)c1c2n(c3ccccc13)CCNCC2. The number of amides is 1. The van der Waals surface area contributed by atoms with E-state index in [2.05, 4.69) is 20.2 Å². The average Bonchev–Trinajstić information content (AvgIpc) is 2.79. The number of benzene rings is 1. The molecule has 0 saturated carbocycles. The van der Waals surface area contributed by atoms with Gasteiger partial charge in [-0.15, -0.1) is 0 Å². The number of ketones is 1. The number of nitrogens with zero attached hydrogens (tertiary/aromatic N) is 2. The Hall–Kier alpha value is -2.99. The van der Waals surface area contributed by atoms with E-state index in [0.717, 1.165) is 36.2 Å². The lowest BCUT2D eigenvalue weighted by molar-refractivity contribution is -0.112. The van der Waals surface area contributed by atoms with Crippen molar-refractivity contribution in [3.05, 3.63) is 59.9 Å². The number of hydrogen-bond acceptors (Lipinski definition) is 4. The zero-order chi connectivity index (χ0) is 17.2. The Balaban J connectivity index is 1.76. The Morgan fingerprint density at radius 1 is 1.08 bits per heavy atom. The number of rotatable bonds is 3. The van der Waals surface area contributed by atoms with Crippen molar-refractivity contribution in [1.29, 1.82) is 0 Å². The van der Waals surface area contributed by atoms with Crippen molar-refractivity contribution in [3.63, 3.8) is 0 Å². The fraction of sp³-hybridized carbons (Fsp3) is 0.211. The molecule has 0 aliphatic carbocycles. The smallest absolute Gasteiger partial charge is 0.298 e. The maximum absolute atomic E-state index is 12.9. The minimum atomic E-state index is -0.657. The quantitative estimate of drug-likeness (QED) is 0.567.